The Morgan fingerprint density at radius 1 is 0.897 bits per heavy atom. The number of nitrogens with zero attached hydrogens (tertiary/aromatic N) is 1. The van der Waals surface area contributed by atoms with Gasteiger partial charge < -0.3 is 10.1 Å². The summed E-state index contributed by atoms with van der Waals surface area (Å²) >= 11 is 0. The highest BCUT2D eigenvalue weighted by Crippen LogP contribution is 2.30. The standard InChI is InChI=1S/C17H26O.C10H11NO.C4H11N.C4H10/c1-4-8-15(12-11-14(3)5-2)17-10-7-6-9-16(17)13-18;1-11-9-6-8-4-2-3-5-10(8)12-7-9;1-3-4-5-2;1-3-4-2/h6-7,9-10,13-15H,4-5,8,11-12H2,1-3H3;2-5H,6-7H2,1H3;5H,3-4H2,1-2H3;3-4H2,1-2H3. The van der Waals surface area contributed by atoms with Gasteiger partial charge in [-0.15, -0.1) is 0 Å². The molecule has 0 saturated heterocycles. The van der Waals surface area contributed by atoms with E-state index >= 15 is 0 Å². The van der Waals surface area contributed by atoms with Crippen LogP contribution in [-0.4, -0.2) is 39.2 Å². The van der Waals surface area contributed by atoms with Crippen molar-refractivity contribution in [2.75, 3.05) is 27.2 Å². The predicted octanol–water partition coefficient (Wildman–Crippen LogP) is 9.32. The number of carbonyl (C=O) groups is 1. The zero-order valence-corrected chi connectivity index (χ0v) is 26.4. The molecule has 1 aliphatic rings. The summed E-state index contributed by atoms with van der Waals surface area (Å²) in [6.45, 7) is 15.1. The van der Waals surface area contributed by atoms with Gasteiger partial charge in [0, 0.05) is 19.0 Å². The summed E-state index contributed by atoms with van der Waals surface area (Å²) in [5, 5.41) is 3.02. The number of carbonyl (C=O) groups excluding carboxylic acids is 1. The Morgan fingerprint density at radius 2 is 1.56 bits per heavy atom. The molecule has 1 aliphatic heterocycles. The van der Waals surface area contributed by atoms with Gasteiger partial charge in [0.05, 0.1) is 5.71 Å². The Balaban J connectivity index is 0.000000586. The van der Waals surface area contributed by atoms with Crippen molar-refractivity contribution in [3.8, 4) is 5.75 Å². The van der Waals surface area contributed by atoms with Crippen LogP contribution in [-0.2, 0) is 6.42 Å². The average Bonchev–Trinajstić information content (AvgIpc) is 2.99. The summed E-state index contributed by atoms with van der Waals surface area (Å²) in [6.07, 6.45) is 11.9. The molecule has 4 heteroatoms. The van der Waals surface area contributed by atoms with Gasteiger partial charge in [-0.3, -0.25) is 9.79 Å². The van der Waals surface area contributed by atoms with Gasteiger partial charge in [-0.25, -0.2) is 0 Å². The van der Waals surface area contributed by atoms with Gasteiger partial charge in [0.2, 0.25) is 0 Å². The zero-order chi connectivity index (χ0) is 29.3. The van der Waals surface area contributed by atoms with Crippen molar-refractivity contribution >= 4 is 12.0 Å². The molecule has 2 aromatic rings. The van der Waals surface area contributed by atoms with E-state index in [0.29, 0.717) is 12.5 Å². The number of aliphatic imine (C=N–C) groups is 1. The van der Waals surface area contributed by atoms with Gasteiger partial charge in [0.1, 0.15) is 18.6 Å². The van der Waals surface area contributed by atoms with Crippen LogP contribution < -0.4 is 10.1 Å². The van der Waals surface area contributed by atoms with Crippen molar-refractivity contribution in [2.24, 2.45) is 10.9 Å². The first kappa shape index (κ1) is 36.5. The molecule has 2 atom stereocenters. The molecule has 220 valence electrons. The van der Waals surface area contributed by atoms with Crippen molar-refractivity contribution in [1.82, 2.24) is 5.32 Å². The topological polar surface area (TPSA) is 50.7 Å². The van der Waals surface area contributed by atoms with Crippen molar-refractivity contribution in [1.29, 1.82) is 0 Å². The Hall–Kier alpha value is -2.46. The summed E-state index contributed by atoms with van der Waals surface area (Å²) < 4.78 is 5.50. The summed E-state index contributed by atoms with van der Waals surface area (Å²) in [7, 11) is 3.77. The van der Waals surface area contributed by atoms with Gasteiger partial charge in [-0.2, -0.15) is 0 Å². The number of nitrogens with one attached hydrogen (secondary N) is 1. The monoisotopic (exact) mass is 538 g/mol. The van der Waals surface area contributed by atoms with Crippen LogP contribution in [0.15, 0.2) is 53.5 Å². The van der Waals surface area contributed by atoms with Crippen LogP contribution in [0.2, 0.25) is 0 Å². The predicted molar refractivity (Wildman–Crippen MR) is 172 cm³/mol. The fourth-order valence-electron chi connectivity index (χ4n) is 4.10. The average molecular weight is 539 g/mol. The SMILES string of the molecule is CCCC.CCCC(CCC(C)CC)c1ccccc1C=O.CCCNC.CN=C1COc2ccccc2C1. The fourth-order valence-corrected chi connectivity index (χ4v) is 4.10. The normalized spacial score (nSPS) is 14.1. The minimum atomic E-state index is 0.547. The molecule has 1 N–H and O–H groups in total. The number of rotatable bonds is 11. The Labute approximate surface area is 241 Å². The van der Waals surface area contributed by atoms with E-state index in [0.717, 1.165) is 42.2 Å². The van der Waals surface area contributed by atoms with E-state index in [1.807, 2.05) is 50.5 Å². The van der Waals surface area contributed by atoms with Gasteiger partial charge >= 0.3 is 0 Å². The quantitative estimate of drug-likeness (QED) is 0.290. The molecule has 39 heavy (non-hydrogen) atoms. The van der Waals surface area contributed by atoms with Crippen LogP contribution in [0.1, 0.15) is 120 Å². The van der Waals surface area contributed by atoms with E-state index in [1.165, 1.54) is 62.5 Å². The number of benzene rings is 2. The van der Waals surface area contributed by atoms with Crippen molar-refractivity contribution in [3.63, 3.8) is 0 Å². The van der Waals surface area contributed by atoms with E-state index in [4.69, 9.17) is 4.74 Å². The minimum Gasteiger partial charge on any atom is -0.487 e. The molecule has 3 rings (SSSR count). The number of para-hydroxylation sites is 1. The maximum absolute atomic E-state index is 11.1. The molecule has 4 nitrogen and oxygen atoms in total. The molecule has 0 bridgehead atoms. The van der Waals surface area contributed by atoms with Crippen molar-refractivity contribution in [3.05, 3.63) is 65.2 Å². The lowest BCUT2D eigenvalue weighted by atomic mass is 9.85. The van der Waals surface area contributed by atoms with Crippen LogP contribution in [0.3, 0.4) is 0 Å². The highest BCUT2D eigenvalue weighted by Gasteiger charge is 2.15. The van der Waals surface area contributed by atoms with Crippen LogP contribution in [0.4, 0.5) is 0 Å². The second-order valence-electron chi connectivity index (χ2n) is 10.3. The van der Waals surface area contributed by atoms with E-state index in [9.17, 15) is 4.79 Å². The third kappa shape index (κ3) is 16.3. The van der Waals surface area contributed by atoms with Crippen LogP contribution in [0.25, 0.3) is 0 Å². The molecule has 0 spiro atoms. The van der Waals surface area contributed by atoms with E-state index in [2.05, 4.69) is 64.0 Å². The fraction of sp³-hybridized carbons (Fsp3) is 0.600. The zero-order valence-electron chi connectivity index (χ0n) is 26.4. The Kier molecular flexibility index (Phi) is 23.0. The number of hydrogen-bond donors (Lipinski definition) is 1. The summed E-state index contributed by atoms with van der Waals surface area (Å²) in [5.41, 5.74) is 4.48. The van der Waals surface area contributed by atoms with Crippen molar-refractivity contribution < 1.29 is 9.53 Å². The molecule has 2 aromatic carbocycles. The van der Waals surface area contributed by atoms with Crippen LogP contribution >= 0.6 is 0 Å². The van der Waals surface area contributed by atoms with Gasteiger partial charge in [0.15, 0.2) is 0 Å². The summed E-state index contributed by atoms with van der Waals surface area (Å²) in [6, 6.07) is 16.2. The molecule has 0 aromatic heterocycles. The lowest BCUT2D eigenvalue weighted by molar-refractivity contribution is 0.112. The minimum absolute atomic E-state index is 0.547. The number of aldehydes is 1. The Bertz CT molecular complexity index is 890. The third-order valence-electron chi connectivity index (χ3n) is 6.98. The maximum Gasteiger partial charge on any atom is 0.150 e. The van der Waals surface area contributed by atoms with Gasteiger partial charge in [-0.1, -0.05) is 116 Å². The first-order chi connectivity index (χ1) is 18.9. The van der Waals surface area contributed by atoms with Crippen molar-refractivity contribution in [2.45, 2.75) is 105 Å². The molecule has 0 aliphatic carbocycles. The molecule has 1 heterocycles. The second-order valence-corrected chi connectivity index (χ2v) is 10.3. The molecule has 0 radical (unpaired) electrons. The lowest BCUT2D eigenvalue weighted by Gasteiger charge is -2.20. The molecule has 0 saturated carbocycles. The highest BCUT2D eigenvalue weighted by molar-refractivity contribution is 5.89. The second kappa shape index (κ2) is 24.6. The number of unbranched alkanes of at least 4 members (excludes halogenated alkanes) is 1. The smallest absolute Gasteiger partial charge is 0.150 e. The largest absolute Gasteiger partial charge is 0.487 e. The van der Waals surface area contributed by atoms with Crippen LogP contribution in [0.5, 0.6) is 5.75 Å². The number of fused-ring (bicyclic) bond motifs is 1. The van der Waals surface area contributed by atoms with Crippen LogP contribution in [0, 0.1) is 5.92 Å². The molecule has 0 fully saturated rings. The molecule has 0 amide bonds. The maximum atomic E-state index is 11.1. The third-order valence-corrected chi connectivity index (χ3v) is 6.98. The molecular formula is C35H58N2O2. The van der Waals surface area contributed by atoms with E-state index in [1.54, 1.807) is 0 Å². The number of hydrogen-bond acceptors (Lipinski definition) is 4. The highest BCUT2D eigenvalue weighted by atomic mass is 16.5. The van der Waals surface area contributed by atoms with E-state index in [-0.39, 0.29) is 0 Å². The first-order valence-electron chi connectivity index (χ1n) is 15.3. The Morgan fingerprint density at radius 3 is 2.10 bits per heavy atom. The van der Waals surface area contributed by atoms with E-state index < -0.39 is 0 Å². The summed E-state index contributed by atoms with van der Waals surface area (Å²) in [4.78, 5) is 15.3. The summed E-state index contributed by atoms with van der Waals surface area (Å²) in [5.74, 6) is 2.34. The lowest BCUT2D eigenvalue weighted by Crippen LogP contribution is -2.20. The van der Waals surface area contributed by atoms with Gasteiger partial charge in [-0.05, 0) is 61.9 Å². The van der Waals surface area contributed by atoms with Gasteiger partial charge in [0.25, 0.3) is 0 Å². The molecular weight excluding hydrogens is 480 g/mol. The molecule has 2 unspecified atom stereocenters. The first-order valence-corrected chi connectivity index (χ1v) is 15.3. The number of ether oxygens (including phenoxy) is 1.